The van der Waals surface area contributed by atoms with Gasteiger partial charge in [-0.2, -0.15) is 10.5 Å². The number of rotatable bonds is 30. The van der Waals surface area contributed by atoms with Crippen LogP contribution in [0.1, 0.15) is 325 Å². The first kappa shape index (κ1) is 94.6. The van der Waals surface area contributed by atoms with Crippen LogP contribution in [-0.4, -0.2) is 159 Å². The molecular weight excluding hydrogens is 1520 g/mol. The molecule has 16 aliphatic rings. The Bertz CT molecular complexity index is 3510. The largest absolute Gasteiger partial charge is 0.462 e. The molecule has 2 aliphatic heterocycles. The number of fused-ring (bicyclic) bond motifs is 6. The highest BCUT2D eigenvalue weighted by atomic mass is 16.7. The van der Waals surface area contributed by atoms with Crippen LogP contribution in [0, 0.1) is 127 Å². The van der Waals surface area contributed by atoms with E-state index in [0.29, 0.717) is 61.1 Å². The van der Waals surface area contributed by atoms with Crippen LogP contribution in [-0.2, 0) is 105 Å². The highest BCUT2D eigenvalue weighted by molar-refractivity contribution is 5.80. The number of nitrogens with zero attached hydrogens (tertiary/aromatic N) is 2. The number of esters is 7. The normalized spacial score (nSPS) is 37.6. The molecule has 672 valence electrons. The molecule has 28 unspecified atom stereocenters. The number of nitriles is 2. The third-order valence-electron chi connectivity index (χ3n) is 31.4. The minimum Gasteiger partial charge on any atom is -0.462 e. The monoisotopic (exact) mass is 1670 g/mol. The lowest BCUT2D eigenvalue weighted by atomic mass is 9.50. The Hall–Kier alpha value is -5.05. The quantitative estimate of drug-likeness (QED) is 0.0366. The van der Waals surface area contributed by atoms with Crippen LogP contribution in [0.5, 0.6) is 0 Å². The maximum atomic E-state index is 13.0. The summed E-state index contributed by atoms with van der Waals surface area (Å²) in [5.41, 5.74) is -3.66. The van der Waals surface area contributed by atoms with Crippen LogP contribution < -0.4 is 0 Å². The van der Waals surface area contributed by atoms with Gasteiger partial charge in [-0.15, -0.1) is 0 Å². The van der Waals surface area contributed by atoms with Crippen LogP contribution in [0.25, 0.3) is 0 Å². The highest BCUT2D eigenvalue weighted by Crippen LogP contribution is 2.65. The molecule has 28 atom stereocenters. The first-order valence-corrected chi connectivity index (χ1v) is 46.5. The van der Waals surface area contributed by atoms with Gasteiger partial charge in [0.25, 0.3) is 0 Å². The van der Waals surface area contributed by atoms with Gasteiger partial charge in [0.1, 0.15) is 42.2 Å². The summed E-state index contributed by atoms with van der Waals surface area (Å²) in [5.74, 6) is 1.19. The molecule has 0 radical (unpaired) electrons. The smallest absolute Gasteiger partial charge is 0.312 e. The summed E-state index contributed by atoms with van der Waals surface area (Å²) in [7, 11) is 1.66. The van der Waals surface area contributed by atoms with E-state index < -0.39 is 43.9 Å². The third-order valence-corrected chi connectivity index (χ3v) is 31.4. The van der Waals surface area contributed by atoms with Crippen molar-refractivity contribution in [1.82, 2.24) is 0 Å². The Morgan fingerprint density at radius 1 is 0.420 bits per heavy atom. The topological polar surface area (TPSA) is 306 Å². The average molecular weight is 1670 g/mol. The van der Waals surface area contributed by atoms with Crippen molar-refractivity contribution in [3.8, 4) is 12.1 Å². The van der Waals surface area contributed by atoms with Crippen LogP contribution in [0.15, 0.2) is 0 Å². The number of ether oxygens (including phenoxy) is 15. The zero-order valence-corrected chi connectivity index (χ0v) is 76.2. The van der Waals surface area contributed by atoms with E-state index in [2.05, 4.69) is 12.1 Å². The van der Waals surface area contributed by atoms with Gasteiger partial charge >= 0.3 is 41.8 Å². The summed E-state index contributed by atoms with van der Waals surface area (Å²) in [6, 6.07) is 4.49. The maximum Gasteiger partial charge on any atom is 0.312 e. The fourth-order valence-electron chi connectivity index (χ4n) is 22.9. The van der Waals surface area contributed by atoms with Gasteiger partial charge in [0.05, 0.1) is 98.5 Å². The second-order valence-electron chi connectivity index (χ2n) is 41.9. The van der Waals surface area contributed by atoms with Gasteiger partial charge in [-0.3, -0.25) is 33.6 Å². The summed E-state index contributed by atoms with van der Waals surface area (Å²) < 4.78 is 90.0. The Morgan fingerprint density at radius 3 is 1.22 bits per heavy atom. The molecule has 12 bridgehead atoms. The minimum atomic E-state index is -0.539. The van der Waals surface area contributed by atoms with E-state index in [1.165, 1.54) is 38.5 Å². The van der Waals surface area contributed by atoms with Crippen LogP contribution in [0.3, 0.4) is 0 Å². The van der Waals surface area contributed by atoms with Gasteiger partial charge < -0.3 is 71.1 Å². The fourth-order valence-corrected chi connectivity index (χ4v) is 22.9. The van der Waals surface area contributed by atoms with Crippen molar-refractivity contribution >= 4 is 41.8 Å². The van der Waals surface area contributed by atoms with Crippen LogP contribution >= 0.6 is 0 Å². The second-order valence-corrected chi connectivity index (χ2v) is 41.9. The highest BCUT2D eigenvalue weighted by Gasteiger charge is 2.69. The minimum absolute atomic E-state index is 0.0508. The molecule has 16 rings (SSSR count). The summed E-state index contributed by atoms with van der Waals surface area (Å²) in [6.45, 7) is 39.7. The van der Waals surface area contributed by atoms with E-state index in [0.717, 1.165) is 135 Å². The first-order valence-electron chi connectivity index (χ1n) is 46.5. The lowest BCUT2D eigenvalue weighted by Crippen LogP contribution is -2.69. The zero-order chi connectivity index (χ0) is 86.9. The van der Waals surface area contributed by atoms with Gasteiger partial charge in [-0.05, 0) is 250 Å². The van der Waals surface area contributed by atoms with Crippen molar-refractivity contribution in [2.24, 2.45) is 104 Å². The molecule has 0 spiro atoms. The van der Waals surface area contributed by atoms with E-state index in [9.17, 15) is 38.8 Å². The van der Waals surface area contributed by atoms with E-state index in [4.69, 9.17) is 76.3 Å². The number of methoxy groups -OCH3 is 1. The Labute approximate surface area is 711 Å². The molecule has 0 aromatic carbocycles. The molecule has 2 saturated heterocycles. The number of carbonyl (C=O) groups excluding carboxylic acids is 7. The lowest BCUT2D eigenvalue weighted by Gasteiger charge is -2.65. The Kier molecular flexibility index (Phi) is 30.5. The van der Waals surface area contributed by atoms with Gasteiger partial charge in [-0.1, -0.05) is 73.1 Å². The predicted octanol–water partition coefficient (Wildman–Crippen LogP) is 17.6. The fraction of sp³-hybridized carbons (Fsp3) is 0.905. The van der Waals surface area contributed by atoms with Crippen molar-refractivity contribution in [3.63, 3.8) is 0 Å². The predicted molar refractivity (Wildman–Crippen MR) is 439 cm³/mol. The summed E-state index contributed by atoms with van der Waals surface area (Å²) in [5, 5.41) is 18.3. The molecule has 14 aliphatic carbocycles. The van der Waals surface area contributed by atoms with Crippen molar-refractivity contribution in [1.29, 1.82) is 10.5 Å². The van der Waals surface area contributed by atoms with E-state index in [1.807, 2.05) is 138 Å². The number of carbonyl (C=O) groups is 7. The van der Waals surface area contributed by atoms with Gasteiger partial charge in [0, 0.05) is 68.5 Å². The second kappa shape index (κ2) is 38.4. The summed E-state index contributed by atoms with van der Waals surface area (Å²) in [6.07, 6.45) is 26.1. The summed E-state index contributed by atoms with van der Waals surface area (Å²) in [4.78, 5) is 85.5. The van der Waals surface area contributed by atoms with Crippen molar-refractivity contribution < 1.29 is 105 Å². The van der Waals surface area contributed by atoms with Crippen molar-refractivity contribution in [2.75, 3.05) is 13.7 Å². The third kappa shape index (κ3) is 21.1. The molecule has 0 aromatic rings. The average Bonchev–Trinajstić information content (AvgIpc) is 1.70. The molecule has 119 heavy (non-hydrogen) atoms. The van der Waals surface area contributed by atoms with E-state index in [-0.39, 0.29) is 163 Å². The Morgan fingerprint density at radius 2 is 0.790 bits per heavy atom. The van der Waals surface area contributed by atoms with Gasteiger partial charge in [-0.25, -0.2) is 0 Å². The standard InChI is InChI=1S/C29H50O6.C23H40O6.C15H20N2O2.2C14H20O4/c1-6-29(4,5)28(30)35-25-18-21-17-24(25)27(34-20(3)32-23-15-11-8-12-16-23)26(21)33-19(2)31-22-13-9-7-10-14-22;1-8-20(5,6)19(24)29-23-12-18-10-21(14-23,27-16(3)25-7)13-22(11-18,15-23)28-17(4)26-9-2;1-4-15(2,3)14(18)19-13-6-9-5-10(13)12(8-17)11(9)7-16;2*1-4-14(2,3)13(16)18-10-7-5-8-9(6-7)12(15)17-11(8)10/h19-27H,6-18H2,1-5H3;16-18H,8-15H2,1-7H3;9-13H,4-6H2,1-3H3;2*7-11H,4-6H2,1-3H3. The van der Waals surface area contributed by atoms with E-state index >= 15 is 0 Å². The Balaban J connectivity index is 0.000000150. The molecule has 0 N–H and O–H groups in total. The zero-order valence-electron chi connectivity index (χ0n) is 76.2. The molecule has 0 amide bonds. The molecule has 14 saturated carbocycles. The van der Waals surface area contributed by atoms with Crippen molar-refractivity contribution in [3.05, 3.63) is 0 Å². The SMILES string of the molecule is CCC(C)(C)C(=O)OC1C2CC3C(=O)OC1C3C2.CCC(C)(C)C(=O)OC1C2CC3C(=O)OC1C3C2.CCC(C)(C)C(=O)OC1CC2CC1C(C#N)C2C#N.CCC(C)(C)C(=O)OC1CC2CC1C(OC(C)OC1CCCCC1)C2OC(C)OC1CCCCC1.CCOC(C)OC12CC3CC(OC(=O)C(C)(C)CC)(CC(OC(C)OC)(C3)C1)C2. The maximum absolute atomic E-state index is 13.0. The molecule has 24 heteroatoms. The van der Waals surface area contributed by atoms with Crippen LogP contribution in [0.2, 0.25) is 0 Å². The molecule has 0 aromatic heterocycles. The number of hydrogen-bond donors (Lipinski definition) is 0. The number of hydrogen-bond acceptors (Lipinski definition) is 24. The van der Waals surface area contributed by atoms with Gasteiger partial charge in [0.15, 0.2) is 25.2 Å². The molecular formula is C95H150N2O22. The lowest BCUT2D eigenvalue weighted by molar-refractivity contribution is -0.333. The van der Waals surface area contributed by atoms with Crippen LogP contribution in [0.4, 0.5) is 0 Å². The van der Waals surface area contributed by atoms with Gasteiger partial charge in [0.2, 0.25) is 0 Å². The van der Waals surface area contributed by atoms with Crippen molar-refractivity contribution in [2.45, 2.75) is 428 Å². The summed E-state index contributed by atoms with van der Waals surface area (Å²) >= 11 is 0. The molecule has 16 fully saturated rings. The molecule has 24 nitrogen and oxygen atoms in total. The molecule has 2 heterocycles. The first-order chi connectivity index (χ1) is 56.1. The van der Waals surface area contributed by atoms with E-state index in [1.54, 1.807) is 7.11 Å².